The highest BCUT2D eigenvalue weighted by Gasteiger charge is 2.36. The van der Waals surface area contributed by atoms with Crippen LogP contribution in [0.15, 0.2) is 0 Å². The fourth-order valence-corrected chi connectivity index (χ4v) is 4.21. The first-order valence-electron chi connectivity index (χ1n) is 8.57. The quantitative estimate of drug-likeness (QED) is 0.854. The largest absolute Gasteiger partial charge is 0.314 e. The molecule has 1 aliphatic heterocycles. The Morgan fingerprint density at radius 1 is 1.25 bits per heavy atom. The Kier molecular flexibility index (Phi) is 5.49. The van der Waals surface area contributed by atoms with Crippen LogP contribution in [0.1, 0.15) is 47.0 Å². The van der Waals surface area contributed by atoms with E-state index in [-0.39, 0.29) is 0 Å². The van der Waals surface area contributed by atoms with Crippen molar-refractivity contribution in [1.29, 1.82) is 0 Å². The van der Waals surface area contributed by atoms with Gasteiger partial charge in [-0.15, -0.1) is 0 Å². The minimum Gasteiger partial charge on any atom is -0.314 e. The van der Waals surface area contributed by atoms with Crippen LogP contribution in [0.5, 0.6) is 0 Å². The van der Waals surface area contributed by atoms with Crippen LogP contribution < -0.4 is 5.32 Å². The van der Waals surface area contributed by atoms with Gasteiger partial charge in [0.05, 0.1) is 0 Å². The minimum absolute atomic E-state index is 0.534. The van der Waals surface area contributed by atoms with Gasteiger partial charge in [-0.25, -0.2) is 0 Å². The summed E-state index contributed by atoms with van der Waals surface area (Å²) in [5.41, 5.74) is 0.534. The molecule has 2 aliphatic rings. The van der Waals surface area contributed by atoms with Gasteiger partial charge in [-0.2, -0.15) is 0 Å². The van der Waals surface area contributed by atoms with Crippen LogP contribution >= 0.6 is 0 Å². The Bertz CT molecular complexity index is 303. The SMILES string of the molecule is CCNC1CCC(C)(C)CC1CN1CCN(C)CC1C. The lowest BCUT2D eigenvalue weighted by Gasteiger charge is -2.46. The second-order valence-electron chi connectivity index (χ2n) is 7.94. The van der Waals surface area contributed by atoms with Crippen molar-refractivity contribution in [1.82, 2.24) is 15.1 Å². The molecule has 1 saturated carbocycles. The highest BCUT2D eigenvalue weighted by atomic mass is 15.3. The van der Waals surface area contributed by atoms with Crippen molar-refractivity contribution in [3.05, 3.63) is 0 Å². The summed E-state index contributed by atoms with van der Waals surface area (Å²) in [5.74, 6) is 0.824. The zero-order valence-electron chi connectivity index (χ0n) is 14.3. The van der Waals surface area contributed by atoms with Crippen LogP contribution in [0.2, 0.25) is 0 Å². The fraction of sp³-hybridized carbons (Fsp3) is 1.00. The Morgan fingerprint density at radius 2 is 2.00 bits per heavy atom. The van der Waals surface area contributed by atoms with Crippen molar-refractivity contribution in [3.8, 4) is 0 Å². The third-order valence-corrected chi connectivity index (χ3v) is 5.42. The van der Waals surface area contributed by atoms with Crippen molar-refractivity contribution < 1.29 is 0 Å². The monoisotopic (exact) mass is 281 g/mol. The molecule has 20 heavy (non-hydrogen) atoms. The molecule has 1 saturated heterocycles. The predicted octanol–water partition coefficient (Wildman–Crippen LogP) is 2.43. The number of nitrogens with zero attached hydrogens (tertiary/aromatic N) is 2. The fourth-order valence-electron chi connectivity index (χ4n) is 4.21. The van der Waals surface area contributed by atoms with Crippen LogP contribution in [0, 0.1) is 11.3 Å². The van der Waals surface area contributed by atoms with E-state index in [9.17, 15) is 0 Å². The third-order valence-electron chi connectivity index (χ3n) is 5.42. The molecule has 0 amide bonds. The molecule has 3 nitrogen and oxygen atoms in total. The molecule has 1 N–H and O–H groups in total. The van der Waals surface area contributed by atoms with Crippen molar-refractivity contribution >= 4 is 0 Å². The molecule has 0 aromatic heterocycles. The van der Waals surface area contributed by atoms with E-state index in [0.717, 1.165) is 18.5 Å². The Hall–Kier alpha value is -0.120. The highest BCUT2D eigenvalue weighted by Crippen LogP contribution is 2.39. The van der Waals surface area contributed by atoms with Gasteiger partial charge < -0.3 is 10.2 Å². The van der Waals surface area contributed by atoms with Crippen molar-refractivity contribution in [2.75, 3.05) is 39.8 Å². The predicted molar refractivity (Wildman–Crippen MR) is 87.1 cm³/mol. The normalized spacial score (nSPS) is 36.1. The smallest absolute Gasteiger partial charge is 0.0195 e. The number of hydrogen-bond acceptors (Lipinski definition) is 3. The molecular formula is C17H35N3. The van der Waals surface area contributed by atoms with Gasteiger partial charge in [-0.3, -0.25) is 4.90 Å². The van der Waals surface area contributed by atoms with E-state index in [1.54, 1.807) is 0 Å². The standard InChI is InChI=1S/C17H35N3/c1-6-18-16-7-8-17(3,4)11-15(16)13-20-10-9-19(5)12-14(20)2/h14-16,18H,6-13H2,1-5H3. The van der Waals surface area contributed by atoms with Gasteiger partial charge >= 0.3 is 0 Å². The molecule has 3 atom stereocenters. The van der Waals surface area contributed by atoms with Crippen molar-refractivity contribution in [2.45, 2.75) is 59.0 Å². The summed E-state index contributed by atoms with van der Waals surface area (Å²) < 4.78 is 0. The molecule has 0 aromatic rings. The van der Waals surface area contributed by atoms with E-state index in [2.05, 4.69) is 49.9 Å². The van der Waals surface area contributed by atoms with Gasteiger partial charge in [0.1, 0.15) is 0 Å². The van der Waals surface area contributed by atoms with Gasteiger partial charge in [0, 0.05) is 38.3 Å². The number of hydrogen-bond donors (Lipinski definition) is 1. The lowest BCUT2D eigenvalue weighted by Crippen LogP contribution is -2.55. The van der Waals surface area contributed by atoms with Gasteiger partial charge in [0.15, 0.2) is 0 Å². The first kappa shape index (κ1) is 16.3. The summed E-state index contributed by atoms with van der Waals surface area (Å²) in [6.45, 7) is 15.6. The maximum Gasteiger partial charge on any atom is 0.0195 e. The molecular weight excluding hydrogens is 246 g/mol. The van der Waals surface area contributed by atoms with Gasteiger partial charge in [-0.05, 0) is 51.1 Å². The topological polar surface area (TPSA) is 18.5 Å². The van der Waals surface area contributed by atoms with E-state index in [1.165, 1.54) is 45.4 Å². The molecule has 3 heteroatoms. The maximum absolute atomic E-state index is 3.75. The summed E-state index contributed by atoms with van der Waals surface area (Å²) in [7, 11) is 2.25. The van der Waals surface area contributed by atoms with Crippen LogP contribution in [-0.4, -0.2) is 61.7 Å². The summed E-state index contributed by atoms with van der Waals surface area (Å²) in [4.78, 5) is 5.20. The van der Waals surface area contributed by atoms with Crippen LogP contribution in [0.4, 0.5) is 0 Å². The Labute approximate surface area is 126 Å². The molecule has 1 heterocycles. The average molecular weight is 281 g/mol. The molecule has 0 radical (unpaired) electrons. The van der Waals surface area contributed by atoms with Gasteiger partial charge in [0.2, 0.25) is 0 Å². The van der Waals surface area contributed by atoms with Crippen molar-refractivity contribution in [3.63, 3.8) is 0 Å². The molecule has 0 bridgehead atoms. The van der Waals surface area contributed by atoms with Crippen LogP contribution in [-0.2, 0) is 0 Å². The third kappa shape index (κ3) is 4.19. The van der Waals surface area contributed by atoms with E-state index in [0.29, 0.717) is 11.5 Å². The van der Waals surface area contributed by atoms with Gasteiger partial charge in [-0.1, -0.05) is 20.8 Å². The van der Waals surface area contributed by atoms with E-state index < -0.39 is 0 Å². The second-order valence-corrected chi connectivity index (χ2v) is 7.94. The molecule has 0 aromatic carbocycles. The second kappa shape index (κ2) is 6.76. The Morgan fingerprint density at radius 3 is 2.65 bits per heavy atom. The minimum atomic E-state index is 0.534. The van der Waals surface area contributed by atoms with Crippen LogP contribution in [0.3, 0.4) is 0 Å². The molecule has 2 rings (SSSR count). The molecule has 1 aliphatic carbocycles. The lowest BCUT2D eigenvalue weighted by atomic mass is 9.69. The zero-order chi connectivity index (χ0) is 14.8. The summed E-state index contributed by atoms with van der Waals surface area (Å²) in [5, 5.41) is 3.75. The molecule has 2 fully saturated rings. The number of likely N-dealkylation sites (N-methyl/N-ethyl adjacent to an activating group) is 1. The van der Waals surface area contributed by atoms with Gasteiger partial charge in [0.25, 0.3) is 0 Å². The van der Waals surface area contributed by atoms with Crippen molar-refractivity contribution in [2.24, 2.45) is 11.3 Å². The first-order chi connectivity index (χ1) is 9.41. The summed E-state index contributed by atoms with van der Waals surface area (Å²) >= 11 is 0. The molecule has 0 spiro atoms. The molecule has 3 unspecified atom stereocenters. The first-order valence-corrected chi connectivity index (χ1v) is 8.57. The number of piperazine rings is 1. The van der Waals surface area contributed by atoms with E-state index in [4.69, 9.17) is 0 Å². The number of rotatable bonds is 4. The Balaban J connectivity index is 1.96. The maximum atomic E-state index is 3.75. The highest BCUT2D eigenvalue weighted by molar-refractivity contribution is 4.91. The average Bonchev–Trinajstić information content (AvgIpc) is 2.36. The van der Waals surface area contributed by atoms with E-state index >= 15 is 0 Å². The zero-order valence-corrected chi connectivity index (χ0v) is 14.3. The molecule has 118 valence electrons. The summed E-state index contributed by atoms with van der Waals surface area (Å²) in [6.07, 6.45) is 4.11. The van der Waals surface area contributed by atoms with E-state index in [1.807, 2.05) is 0 Å². The lowest BCUT2D eigenvalue weighted by molar-refractivity contribution is 0.0482. The number of nitrogens with one attached hydrogen (secondary N) is 1. The van der Waals surface area contributed by atoms with Crippen LogP contribution in [0.25, 0.3) is 0 Å². The summed E-state index contributed by atoms with van der Waals surface area (Å²) in [6, 6.07) is 1.45.